The van der Waals surface area contributed by atoms with Gasteiger partial charge in [-0.25, -0.2) is 4.52 Å². The van der Waals surface area contributed by atoms with Crippen molar-refractivity contribution in [2.45, 2.75) is 0 Å². The summed E-state index contributed by atoms with van der Waals surface area (Å²) in [6, 6.07) is 23.9. The highest BCUT2D eigenvalue weighted by atomic mass is 15.2. The van der Waals surface area contributed by atoms with Crippen LogP contribution in [0.25, 0.3) is 48.7 Å². The van der Waals surface area contributed by atoms with E-state index in [1.54, 1.807) is 0 Å². The van der Waals surface area contributed by atoms with Crippen molar-refractivity contribution in [3.05, 3.63) is 72.9 Å². The Balaban J connectivity index is 2.18. The monoisotopic (exact) mass is 292 g/mol. The highest BCUT2D eigenvalue weighted by Gasteiger charge is 2.16. The van der Waals surface area contributed by atoms with Gasteiger partial charge in [-0.2, -0.15) is 5.10 Å². The molecule has 2 heterocycles. The summed E-state index contributed by atoms with van der Waals surface area (Å²) in [4.78, 5) is 0. The molecule has 2 aromatic heterocycles. The molecule has 0 saturated carbocycles. The van der Waals surface area contributed by atoms with Crippen molar-refractivity contribution < 1.29 is 0 Å². The molecular weight excluding hydrogens is 280 g/mol. The maximum atomic E-state index is 4.56. The first-order valence-corrected chi connectivity index (χ1v) is 7.84. The van der Waals surface area contributed by atoms with Gasteiger partial charge in [-0.15, -0.1) is 0 Å². The van der Waals surface area contributed by atoms with E-state index in [0.717, 1.165) is 0 Å². The molecule has 106 valence electrons. The van der Waals surface area contributed by atoms with Gasteiger partial charge in [0.2, 0.25) is 0 Å². The Labute approximate surface area is 131 Å². The summed E-state index contributed by atoms with van der Waals surface area (Å²) in [5, 5.41) is 13.8. The number of aromatic nitrogens is 2. The number of hydrogen-bond donors (Lipinski definition) is 0. The molecule has 0 aliphatic heterocycles. The van der Waals surface area contributed by atoms with Crippen LogP contribution in [0.1, 0.15) is 0 Å². The van der Waals surface area contributed by atoms with Crippen LogP contribution in [-0.4, -0.2) is 9.61 Å². The van der Waals surface area contributed by atoms with E-state index in [1.807, 2.05) is 6.20 Å². The van der Waals surface area contributed by atoms with E-state index < -0.39 is 0 Å². The lowest BCUT2D eigenvalue weighted by Crippen LogP contribution is -1.95. The summed E-state index contributed by atoms with van der Waals surface area (Å²) in [5.74, 6) is 0. The molecule has 0 fully saturated rings. The molecule has 4 aromatic carbocycles. The van der Waals surface area contributed by atoms with Crippen molar-refractivity contribution in [1.29, 1.82) is 0 Å². The van der Waals surface area contributed by atoms with E-state index in [0.29, 0.717) is 0 Å². The van der Waals surface area contributed by atoms with Gasteiger partial charge < -0.3 is 0 Å². The first-order chi connectivity index (χ1) is 11.4. The second-order valence-corrected chi connectivity index (χ2v) is 6.10. The molecule has 0 radical (unpaired) electrons. The van der Waals surface area contributed by atoms with Crippen molar-refractivity contribution >= 4 is 48.7 Å². The topological polar surface area (TPSA) is 17.3 Å². The number of nitrogens with zero attached hydrogens (tertiary/aromatic N) is 2. The lowest BCUT2D eigenvalue weighted by Gasteiger charge is -2.15. The van der Waals surface area contributed by atoms with E-state index in [4.69, 9.17) is 0 Å². The number of rotatable bonds is 0. The van der Waals surface area contributed by atoms with Gasteiger partial charge in [-0.3, -0.25) is 0 Å². The molecule has 0 saturated heterocycles. The predicted octanol–water partition coefficient (Wildman–Crippen LogP) is 5.38. The minimum absolute atomic E-state index is 1.17. The number of pyridine rings is 1. The number of hydrogen-bond acceptors (Lipinski definition) is 1. The minimum atomic E-state index is 1.17. The summed E-state index contributed by atoms with van der Waals surface area (Å²) >= 11 is 0. The molecule has 2 nitrogen and oxygen atoms in total. The Morgan fingerprint density at radius 1 is 0.522 bits per heavy atom. The third-order valence-electron chi connectivity index (χ3n) is 5.01. The zero-order valence-corrected chi connectivity index (χ0v) is 12.3. The summed E-state index contributed by atoms with van der Waals surface area (Å²) in [7, 11) is 0. The highest BCUT2D eigenvalue weighted by molar-refractivity contribution is 6.34. The molecule has 2 heteroatoms. The third kappa shape index (κ3) is 1.24. The average molecular weight is 292 g/mol. The summed E-state index contributed by atoms with van der Waals surface area (Å²) in [5.41, 5.74) is 2.35. The summed E-state index contributed by atoms with van der Waals surface area (Å²) in [6.45, 7) is 0. The molecule has 0 unspecified atom stereocenters. The Hall–Kier alpha value is -3.13. The number of fused-ring (bicyclic) bond motifs is 6. The molecule has 0 atom stereocenters. The Morgan fingerprint density at radius 2 is 1.17 bits per heavy atom. The molecule has 0 aliphatic rings. The molecule has 0 spiro atoms. The van der Waals surface area contributed by atoms with Gasteiger partial charge in [0.15, 0.2) is 0 Å². The third-order valence-corrected chi connectivity index (χ3v) is 5.01. The van der Waals surface area contributed by atoms with Crippen LogP contribution >= 0.6 is 0 Å². The first-order valence-electron chi connectivity index (χ1n) is 7.84. The van der Waals surface area contributed by atoms with Crippen LogP contribution in [0.5, 0.6) is 0 Å². The summed E-state index contributed by atoms with van der Waals surface area (Å²) in [6.07, 6.45) is 1.89. The smallest absolute Gasteiger partial charge is 0.0747 e. The molecule has 0 N–H and O–H groups in total. The second kappa shape index (κ2) is 3.79. The predicted molar refractivity (Wildman–Crippen MR) is 96.4 cm³/mol. The standard InChI is InChI=1S/C21H12N2/c1-2-6-14-13(5-1)15-7-3-9-17-18-11-12-22-23(18)19-10-4-8-16(14)21(19)20(15)17/h1-12H. The molecule has 6 aromatic rings. The van der Waals surface area contributed by atoms with Crippen molar-refractivity contribution in [2.75, 3.05) is 0 Å². The van der Waals surface area contributed by atoms with Crippen LogP contribution in [0.3, 0.4) is 0 Å². The van der Waals surface area contributed by atoms with Gasteiger partial charge in [-0.05, 0) is 33.7 Å². The Bertz CT molecular complexity index is 1250. The largest absolute Gasteiger partial charge is 0.232 e. The molecule has 6 rings (SSSR count). The molecule has 0 bridgehead atoms. The molecule has 23 heavy (non-hydrogen) atoms. The fraction of sp³-hybridized carbons (Fsp3) is 0. The fourth-order valence-electron chi connectivity index (χ4n) is 4.12. The van der Waals surface area contributed by atoms with Gasteiger partial charge in [0, 0.05) is 16.2 Å². The van der Waals surface area contributed by atoms with Crippen LogP contribution in [-0.2, 0) is 0 Å². The maximum Gasteiger partial charge on any atom is 0.0747 e. The van der Waals surface area contributed by atoms with E-state index in [2.05, 4.69) is 76.3 Å². The quantitative estimate of drug-likeness (QED) is 0.271. The fourth-order valence-corrected chi connectivity index (χ4v) is 4.12. The minimum Gasteiger partial charge on any atom is -0.232 e. The van der Waals surface area contributed by atoms with Gasteiger partial charge in [0.1, 0.15) is 0 Å². The average Bonchev–Trinajstić information content (AvgIpc) is 3.11. The van der Waals surface area contributed by atoms with Gasteiger partial charge in [0.05, 0.1) is 17.2 Å². The van der Waals surface area contributed by atoms with Gasteiger partial charge in [-0.1, -0.05) is 54.6 Å². The van der Waals surface area contributed by atoms with E-state index in [1.165, 1.54) is 48.7 Å². The Morgan fingerprint density at radius 3 is 2.00 bits per heavy atom. The first kappa shape index (κ1) is 11.4. The number of benzene rings is 4. The second-order valence-electron chi connectivity index (χ2n) is 6.10. The molecule has 0 amide bonds. The Kier molecular flexibility index (Phi) is 1.89. The lowest BCUT2D eigenvalue weighted by atomic mass is 9.91. The lowest BCUT2D eigenvalue weighted by molar-refractivity contribution is 1.01. The van der Waals surface area contributed by atoms with E-state index in [9.17, 15) is 0 Å². The zero-order chi connectivity index (χ0) is 15.0. The van der Waals surface area contributed by atoms with Crippen molar-refractivity contribution in [1.82, 2.24) is 9.61 Å². The molecule has 0 aliphatic carbocycles. The normalized spacial score (nSPS) is 12.3. The van der Waals surface area contributed by atoms with Crippen molar-refractivity contribution in [3.8, 4) is 0 Å². The van der Waals surface area contributed by atoms with Crippen LogP contribution in [0.4, 0.5) is 0 Å². The van der Waals surface area contributed by atoms with Crippen LogP contribution in [0.15, 0.2) is 72.9 Å². The van der Waals surface area contributed by atoms with Crippen molar-refractivity contribution in [2.24, 2.45) is 0 Å². The van der Waals surface area contributed by atoms with Crippen LogP contribution < -0.4 is 0 Å². The van der Waals surface area contributed by atoms with Gasteiger partial charge in [0.25, 0.3) is 0 Å². The van der Waals surface area contributed by atoms with Crippen LogP contribution in [0.2, 0.25) is 0 Å². The highest BCUT2D eigenvalue weighted by Crippen LogP contribution is 2.41. The van der Waals surface area contributed by atoms with Crippen molar-refractivity contribution in [3.63, 3.8) is 0 Å². The SMILES string of the molecule is c1ccc2c(c1)c1cccc3c1c1c2cccc1n1nccc31. The zero-order valence-electron chi connectivity index (χ0n) is 12.3. The van der Waals surface area contributed by atoms with E-state index >= 15 is 0 Å². The maximum absolute atomic E-state index is 4.56. The van der Waals surface area contributed by atoms with Gasteiger partial charge >= 0.3 is 0 Å². The van der Waals surface area contributed by atoms with Crippen LogP contribution in [0, 0.1) is 0 Å². The molecular formula is C21H12N2. The summed E-state index contributed by atoms with van der Waals surface area (Å²) < 4.78 is 2.07. The van der Waals surface area contributed by atoms with E-state index in [-0.39, 0.29) is 0 Å².